The standard InChI is InChI=1S/C17H27N3O/c1-12(2)19-11-14-10-13(3)7-8-15(14)20-9-5-4-6-16(20)17(18)21/h7-8,10,12,16,19H,4-6,9,11H2,1-3H3,(H2,18,21). The topological polar surface area (TPSA) is 58.4 Å². The van der Waals surface area contributed by atoms with E-state index in [0.717, 1.165) is 38.0 Å². The first kappa shape index (κ1) is 15.8. The van der Waals surface area contributed by atoms with Crippen LogP contribution in [0.2, 0.25) is 0 Å². The maximum absolute atomic E-state index is 11.7. The van der Waals surface area contributed by atoms with Crippen molar-refractivity contribution in [2.45, 2.75) is 58.7 Å². The number of hydrogen-bond acceptors (Lipinski definition) is 3. The number of anilines is 1. The van der Waals surface area contributed by atoms with Gasteiger partial charge in [0, 0.05) is 24.8 Å². The number of rotatable bonds is 5. The molecule has 0 radical (unpaired) electrons. The Hall–Kier alpha value is -1.55. The fourth-order valence-corrected chi connectivity index (χ4v) is 2.97. The van der Waals surface area contributed by atoms with E-state index in [9.17, 15) is 4.79 Å². The van der Waals surface area contributed by atoms with E-state index in [1.807, 2.05) is 0 Å². The predicted octanol–water partition coefficient (Wildman–Crippen LogP) is 2.34. The first-order chi connectivity index (χ1) is 9.99. The Balaban J connectivity index is 2.29. The highest BCUT2D eigenvalue weighted by molar-refractivity contribution is 5.84. The van der Waals surface area contributed by atoms with Gasteiger partial charge in [0.15, 0.2) is 0 Å². The van der Waals surface area contributed by atoms with Crippen molar-refractivity contribution in [1.82, 2.24) is 5.32 Å². The van der Waals surface area contributed by atoms with E-state index in [-0.39, 0.29) is 11.9 Å². The summed E-state index contributed by atoms with van der Waals surface area (Å²) in [5.41, 5.74) is 9.24. The van der Waals surface area contributed by atoms with Gasteiger partial charge in [0.2, 0.25) is 5.91 Å². The van der Waals surface area contributed by atoms with Crippen LogP contribution in [0.15, 0.2) is 18.2 Å². The molecule has 1 fully saturated rings. The first-order valence-electron chi connectivity index (χ1n) is 7.88. The van der Waals surface area contributed by atoms with Crippen LogP contribution in [0.25, 0.3) is 0 Å². The Labute approximate surface area is 127 Å². The van der Waals surface area contributed by atoms with Gasteiger partial charge >= 0.3 is 0 Å². The molecule has 1 atom stereocenters. The van der Waals surface area contributed by atoms with Crippen molar-refractivity contribution in [3.05, 3.63) is 29.3 Å². The van der Waals surface area contributed by atoms with Crippen LogP contribution in [0.5, 0.6) is 0 Å². The van der Waals surface area contributed by atoms with E-state index in [1.54, 1.807) is 0 Å². The van der Waals surface area contributed by atoms with Crippen molar-refractivity contribution in [3.63, 3.8) is 0 Å². The zero-order valence-corrected chi connectivity index (χ0v) is 13.4. The van der Waals surface area contributed by atoms with Crippen molar-refractivity contribution in [3.8, 4) is 0 Å². The van der Waals surface area contributed by atoms with Crippen molar-refractivity contribution in [2.24, 2.45) is 5.73 Å². The summed E-state index contributed by atoms with van der Waals surface area (Å²) in [6.07, 6.45) is 3.06. The van der Waals surface area contributed by atoms with Gasteiger partial charge in [-0.15, -0.1) is 0 Å². The number of aryl methyl sites for hydroxylation is 1. The van der Waals surface area contributed by atoms with E-state index in [2.05, 4.69) is 49.2 Å². The van der Waals surface area contributed by atoms with E-state index in [4.69, 9.17) is 5.73 Å². The van der Waals surface area contributed by atoms with Gasteiger partial charge < -0.3 is 16.0 Å². The summed E-state index contributed by atoms with van der Waals surface area (Å²) in [5.74, 6) is -0.210. The van der Waals surface area contributed by atoms with E-state index in [1.165, 1.54) is 11.1 Å². The third-order valence-electron chi connectivity index (χ3n) is 4.08. The highest BCUT2D eigenvalue weighted by Crippen LogP contribution is 2.29. The normalized spacial score (nSPS) is 19.0. The second-order valence-electron chi connectivity index (χ2n) is 6.28. The third kappa shape index (κ3) is 3.97. The van der Waals surface area contributed by atoms with Crippen LogP contribution in [-0.4, -0.2) is 24.5 Å². The molecule has 1 aromatic carbocycles. The van der Waals surface area contributed by atoms with Crippen LogP contribution in [0.1, 0.15) is 44.2 Å². The molecule has 1 aliphatic rings. The van der Waals surface area contributed by atoms with Gasteiger partial charge in [-0.3, -0.25) is 4.79 Å². The van der Waals surface area contributed by atoms with Crippen molar-refractivity contribution < 1.29 is 4.79 Å². The molecule has 0 bridgehead atoms. The molecule has 1 aromatic rings. The van der Waals surface area contributed by atoms with Gasteiger partial charge in [0.1, 0.15) is 6.04 Å². The second kappa shape index (κ2) is 6.94. The van der Waals surface area contributed by atoms with Gasteiger partial charge in [0.25, 0.3) is 0 Å². The molecule has 1 unspecified atom stereocenters. The molecule has 4 nitrogen and oxygen atoms in total. The quantitative estimate of drug-likeness (QED) is 0.874. The molecule has 116 valence electrons. The van der Waals surface area contributed by atoms with Crippen LogP contribution >= 0.6 is 0 Å². The molecule has 3 N–H and O–H groups in total. The minimum Gasteiger partial charge on any atom is -0.368 e. The number of benzene rings is 1. The molecule has 1 aliphatic heterocycles. The minimum atomic E-state index is -0.210. The molecular formula is C17H27N3O. The van der Waals surface area contributed by atoms with Crippen LogP contribution in [0.3, 0.4) is 0 Å². The summed E-state index contributed by atoms with van der Waals surface area (Å²) in [7, 11) is 0. The smallest absolute Gasteiger partial charge is 0.240 e. The molecule has 0 aromatic heterocycles. The number of hydrogen-bond donors (Lipinski definition) is 2. The number of nitrogens with one attached hydrogen (secondary N) is 1. The summed E-state index contributed by atoms with van der Waals surface area (Å²) in [6, 6.07) is 6.72. The number of amides is 1. The van der Waals surface area contributed by atoms with Crippen molar-refractivity contribution in [2.75, 3.05) is 11.4 Å². The SMILES string of the molecule is Cc1ccc(N2CCCCC2C(N)=O)c(CNC(C)C)c1. The minimum absolute atomic E-state index is 0.167. The number of nitrogens with two attached hydrogens (primary N) is 1. The molecule has 0 aliphatic carbocycles. The van der Waals surface area contributed by atoms with Gasteiger partial charge in [-0.2, -0.15) is 0 Å². The van der Waals surface area contributed by atoms with Crippen LogP contribution in [0, 0.1) is 6.92 Å². The molecule has 1 amide bonds. The number of nitrogens with zero attached hydrogens (tertiary/aromatic N) is 1. The highest BCUT2D eigenvalue weighted by atomic mass is 16.1. The molecular weight excluding hydrogens is 262 g/mol. The second-order valence-corrected chi connectivity index (χ2v) is 6.28. The summed E-state index contributed by atoms with van der Waals surface area (Å²) in [5, 5.41) is 3.47. The molecule has 4 heteroatoms. The molecule has 1 heterocycles. The monoisotopic (exact) mass is 289 g/mol. The highest BCUT2D eigenvalue weighted by Gasteiger charge is 2.28. The number of carbonyl (C=O) groups excluding carboxylic acids is 1. The largest absolute Gasteiger partial charge is 0.368 e. The van der Waals surface area contributed by atoms with E-state index in [0.29, 0.717) is 6.04 Å². The van der Waals surface area contributed by atoms with Crippen molar-refractivity contribution in [1.29, 1.82) is 0 Å². The maximum atomic E-state index is 11.7. The summed E-state index contributed by atoms with van der Waals surface area (Å²) < 4.78 is 0. The number of piperidine rings is 1. The first-order valence-corrected chi connectivity index (χ1v) is 7.88. The van der Waals surface area contributed by atoms with Gasteiger partial charge in [-0.25, -0.2) is 0 Å². The molecule has 0 saturated carbocycles. The molecule has 0 spiro atoms. The third-order valence-corrected chi connectivity index (χ3v) is 4.08. The lowest BCUT2D eigenvalue weighted by Gasteiger charge is -2.37. The predicted molar refractivity (Wildman–Crippen MR) is 87.3 cm³/mol. The van der Waals surface area contributed by atoms with Gasteiger partial charge in [0.05, 0.1) is 0 Å². The summed E-state index contributed by atoms with van der Waals surface area (Å²) >= 11 is 0. The Kier molecular flexibility index (Phi) is 5.23. The van der Waals surface area contributed by atoms with E-state index >= 15 is 0 Å². The number of primary amides is 1. The summed E-state index contributed by atoms with van der Waals surface area (Å²) in [4.78, 5) is 13.9. The van der Waals surface area contributed by atoms with Gasteiger partial charge in [-0.1, -0.05) is 31.5 Å². The molecule has 2 rings (SSSR count). The maximum Gasteiger partial charge on any atom is 0.240 e. The fourth-order valence-electron chi connectivity index (χ4n) is 2.97. The van der Waals surface area contributed by atoms with E-state index < -0.39 is 0 Å². The Morgan fingerprint density at radius 2 is 2.19 bits per heavy atom. The lowest BCUT2D eigenvalue weighted by atomic mass is 9.98. The molecule has 1 saturated heterocycles. The fraction of sp³-hybridized carbons (Fsp3) is 0.588. The zero-order valence-electron chi connectivity index (χ0n) is 13.4. The van der Waals surface area contributed by atoms with Crippen LogP contribution in [0.4, 0.5) is 5.69 Å². The summed E-state index contributed by atoms with van der Waals surface area (Å²) in [6.45, 7) is 8.11. The van der Waals surface area contributed by atoms with Crippen LogP contribution in [-0.2, 0) is 11.3 Å². The lowest BCUT2D eigenvalue weighted by Crippen LogP contribution is -2.48. The van der Waals surface area contributed by atoms with Gasteiger partial charge in [-0.05, 0) is 37.8 Å². The average Bonchev–Trinajstić information content (AvgIpc) is 2.45. The Morgan fingerprint density at radius 3 is 2.86 bits per heavy atom. The van der Waals surface area contributed by atoms with Crippen LogP contribution < -0.4 is 16.0 Å². The Bertz CT molecular complexity index is 499. The molecule has 21 heavy (non-hydrogen) atoms. The average molecular weight is 289 g/mol. The number of carbonyl (C=O) groups is 1. The van der Waals surface area contributed by atoms with Crippen molar-refractivity contribution >= 4 is 11.6 Å². The zero-order chi connectivity index (χ0) is 15.4. The lowest BCUT2D eigenvalue weighted by molar-refractivity contribution is -0.119. The Morgan fingerprint density at radius 1 is 1.43 bits per heavy atom.